The number of carbonyl (C=O) groups is 1. The lowest BCUT2D eigenvalue weighted by Gasteiger charge is -2.12. The first-order chi connectivity index (χ1) is 9.83. The van der Waals surface area contributed by atoms with E-state index < -0.39 is 6.61 Å². The van der Waals surface area contributed by atoms with Gasteiger partial charge in [-0.15, -0.1) is 0 Å². The molecule has 8 heteroatoms. The second-order valence-electron chi connectivity index (χ2n) is 4.58. The zero-order valence-corrected chi connectivity index (χ0v) is 12.8. The summed E-state index contributed by atoms with van der Waals surface area (Å²) in [5.74, 6) is -0.308. The lowest BCUT2D eigenvalue weighted by Crippen LogP contribution is -2.16. The number of carbonyl (C=O) groups excluding carboxylic acids is 1. The monoisotopic (exact) mass is 340 g/mol. The highest BCUT2D eigenvalue weighted by Gasteiger charge is 2.15. The number of amides is 1. The Kier molecular flexibility index (Phi) is 7.14. The third-order valence-electron chi connectivity index (χ3n) is 2.76. The van der Waals surface area contributed by atoms with Crippen LogP contribution in [-0.2, 0) is 4.79 Å². The Bertz CT molecular complexity index is 478. The summed E-state index contributed by atoms with van der Waals surface area (Å²) in [6, 6.07) is 2.60. The molecule has 1 amide bonds. The molecule has 1 rings (SSSR count). The van der Waals surface area contributed by atoms with Crippen LogP contribution in [0.1, 0.15) is 19.8 Å². The number of hydrogen-bond acceptors (Lipinski definition) is 3. The predicted octanol–water partition coefficient (Wildman–Crippen LogP) is 3.91. The maximum atomic E-state index is 12.2. The Morgan fingerprint density at radius 2 is 1.95 bits per heavy atom. The Labute approximate surface area is 131 Å². The summed E-state index contributed by atoms with van der Waals surface area (Å²) in [4.78, 5) is 11.7. The summed E-state index contributed by atoms with van der Waals surface area (Å²) < 4.78 is 28.6. The molecule has 0 radical (unpaired) electrons. The van der Waals surface area contributed by atoms with Gasteiger partial charge in [0.25, 0.3) is 0 Å². The molecular weight excluding hydrogens is 325 g/mol. The molecule has 0 heterocycles. The van der Waals surface area contributed by atoms with Crippen LogP contribution in [0.5, 0.6) is 5.75 Å². The quantitative estimate of drug-likeness (QED) is 0.790. The minimum atomic E-state index is -3.03. The van der Waals surface area contributed by atoms with E-state index in [1.807, 2.05) is 6.92 Å². The van der Waals surface area contributed by atoms with Gasteiger partial charge < -0.3 is 15.8 Å². The van der Waals surface area contributed by atoms with Crippen LogP contribution in [-0.4, -0.2) is 19.1 Å². The first-order valence-electron chi connectivity index (χ1n) is 6.27. The Hall–Kier alpha value is -1.11. The molecule has 0 aliphatic carbocycles. The van der Waals surface area contributed by atoms with Gasteiger partial charge in [0, 0.05) is 12.1 Å². The van der Waals surface area contributed by atoms with Crippen molar-refractivity contribution in [3.63, 3.8) is 0 Å². The molecular formula is C13H16Cl2F2N2O2. The number of halogens is 4. The molecule has 1 atom stereocenters. The number of nitrogens with two attached hydrogens (primary N) is 1. The molecule has 0 aliphatic rings. The van der Waals surface area contributed by atoms with Gasteiger partial charge in [0.15, 0.2) is 5.75 Å². The molecule has 0 saturated carbocycles. The molecule has 0 aliphatic heterocycles. The second kappa shape index (κ2) is 8.36. The first-order valence-corrected chi connectivity index (χ1v) is 7.02. The fourth-order valence-corrected chi connectivity index (χ4v) is 2.13. The topological polar surface area (TPSA) is 64.4 Å². The van der Waals surface area contributed by atoms with E-state index in [4.69, 9.17) is 28.9 Å². The summed E-state index contributed by atoms with van der Waals surface area (Å²) in [6.45, 7) is -0.583. The van der Waals surface area contributed by atoms with Crippen LogP contribution in [0.15, 0.2) is 12.1 Å². The number of benzene rings is 1. The molecule has 1 aromatic carbocycles. The second-order valence-corrected chi connectivity index (χ2v) is 5.39. The molecule has 0 spiro atoms. The molecule has 4 nitrogen and oxygen atoms in total. The van der Waals surface area contributed by atoms with Gasteiger partial charge in [-0.1, -0.05) is 30.1 Å². The molecule has 21 heavy (non-hydrogen) atoms. The van der Waals surface area contributed by atoms with Crippen molar-refractivity contribution < 1.29 is 18.3 Å². The lowest BCUT2D eigenvalue weighted by molar-refractivity contribution is -0.116. The Morgan fingerprint density at radius 3 is 2.43 bits per heavy atom. The van der Waals surface area contributed by atoms with E-state index in [9.17, 15) is 13.6 Å². The Balaban J connectivity index is 2.70. The lowest BCUT2D eigenvalue weighted by atomic mass is 10.1. The van der Waals surface area contributed by atoms with E-state index in [0.29, 0.717) is 25.1 Å². The summed E-state index contributed by atoms with van der Waals surface area (Å²) in [5, 5.41) is 2.39. The van der Waals surface area contributed by atoms with Crippen LogP contribution in [0.25, 0.3) is 0 Å². The van der Waals surface area contributed by atoms with Gasteiger partial charge in [0.1, 0.15) is 0 Å². The standard InChI is InChI=1S/C13H16Cl2F2N2O2/c1-7(6-18)2-3-11(20)19-8-4-9(14)12(10(15)5-8)21-13(16)17/h4-5,7,13H,2-3,6,18H2,1H3,(H,19,20). The minimum absolute atomic E-state index is 0.103. The molecule has 1 aromatic rings. The fraction of sp³-hybridized carbons (Fsp3) is 0.462. The number of ether oxygens (including phenoxy) is 1. The number of rotatable bonds is 7. The van der Waals surface area contributed by atoms with Crippen molar-refractivity contribution >= 4 is 34.8 Å². The van der Waals surface area contributed by atoms with E-state index in [2.05, 4.69) is 10.1 Å². The zero-order valence-electron chi connectivity index (χ0n) is 11.3. The molecule has 0 aromatic heterocycles. The molecule has 0 bridgehead atoms. The molecule has 0 saturated heterocycles. The average molecular weight is 341 g/mol. The van der Waals surface area contributed by atoms with Gasteiger partial charge in [0.05, 0.1) is 10.0 Å². The van der Waals surface area contributed by atoms with Crippen LogP contribution < -0.4 is 15.8 Å². The maximum absolute atomic E-state index is 12.2. The first kappa shape index (κ1) is 17.9. The molecule has 0 fully saturated rings. The van der Waals surface area contributed by atoms with Crippen LogP contribution >= 0.6 is 23.2 Å². The van der Waals surface area contributed by atoms with Crippen LogP contribution in [0.4, 0.5) is 14.5 Å². The van der Waals surface area contributed by atoms with Gasteiger partial charge in [-0.25, -0.2) is 0 Å². The summed E-state index contributed by atoms with van der Waals surface area (Å²) in [6.07, 6.45) is 0.944. The molecule has 3 N–H and O–H groups in total. The van der Waals surface area contributed by atoms with E-state index in [1.54, 1.807) is 0 Å². The molecule has 1 unspecified atom stereocenters. The van der Waals surface area contributed by atoms with Gasteiger partial charge in [-0.05, 0) is 31.0 Å². The largest absolute Gasteiger partial charge is 0.432 e. The summed E-state index contributed by atoms with van der Waals surface area (Å²) >= 11 is 11.6. The van der Waals surface area contributed by atoms with Crippen molar-refractivity contribution in [1.82, 2.24) is 0 Å². The molecule has 118 valence electrons. The van der Waals surface area contributed by atoms with Gasteiger partial charge in [0.2, 0.25) is 5.91 Å². The summed E-state index contributed by atoms with van der Waals surface area (Å²) in [5.41, 5.74) is 5.78. The highest BCUT2D eigenvalue weighted by Crippen LogP contribution is 2.37. The minimum Gasteiger partial charge on any atom is -0.432 e. The van der Waals surface area contributed by atoms with Crippen molar-refractivity contribution in [2.75, 3.05) is 11.9 Å². The van der Waals surface area contributed by atoms with E-state index in [-0.39, 0.29) is 27.6 Å². The van der Waals surface area contributed by atoms with Crippen LogP contribution in [0.3, 0.4) is 0 Å². The highest BCUT2D eigenvalue weighted by atomic mass is 35.5. The highest BCUT2D eigenvalue weighted by molar-refractivity contribution is 6.37. The number of alkyl halides is 2. The SMILES string of the molecule is CC(CN)CCC(=O)Nc1cc(Cl)c(OC(F)F)c(Cl)c1. The van der Waals surface area contributed by atoms with Crippen molar-refractivity contribution in [2.24, 2.45) is 11.7 Å². The smallest absolute Gasteiger partial charge is 0.387 e. The fourth-order valence-electron chi connectivity index (χ4n) is 1.55. The number of anilines is 1. The average Bonchev–Trinajstić information content (AvgIpc) is 2.40. The van der Waals surface area contributed by atoms with Crippen molar-refractivity contribution in [2.45, 2.75) is 26.4 Å². The van der Waals surface area contributed by atoms with Crippen LogP contribution in [0.2, 0.25) is 10.0 Å². The van der Waals surface area contributed by atoms with E-state index in [0.717, 1.165) is 0 Å². The van der Waals surface area contributed by atoms with Crippen molar-refractivity contribution in [3.05, 3.63) is 22.2 Å². The van der Waals surface area contributed by atoms with E-state index in [1.165, 1.54) is 12.1 Å². The summed E-state index contributed by atoms with van der Waals surface area (Å²) in [7, 11) is 0. The third kappa shape index (κ3) is 6.03. The number of nitrogens with one attached hydrogen (secondary N) is 1. The van der Waals surface area contributed by atoms with E-state index >= 15 is 0 Å². The van der Waals surface area contributed by atoms with Crippen LogP contribution in [0, 0.1) is 5.92 Å². The van der Waals surface area contributed by atoms with Gasteiger partial charge in [-0.2, -0.15) is 8.78 Å². The zero-order chi connectivity index (χ0) is 16.0. The number of hydrogen-bond donors (Lipinski definition) is 2. The Morgan fingerprint density at radius 1 is 1.38 bits per heavy atom. The third-order valence-corrected chi connectivity index (χ3v) is 3.32. The maximum Gasteiger partial charge on any atom is 0.387 e. The predicted molar refractivity (Wildman–Crippen MR) is 79.2 cm³/mol. The van der Waals surface area contributed by atoms with Crippen molar-refractivity contribution in [1.29, 1.82) is 0 Å². The van der Waals surface area contributed by atoms with Gasteiger partial charge in [-0.3, -0.25) is 4.79 Å². The van der Waals surface area contributed by atoms with Crippen molar-refractivity contribution in [3.8, 4) is 5.75 Å². The van der Waals surface area contributed by atoms with Gasteiger partial charge >= 0.3 is 6.61 Å². The normalized spacial score (nSPS) is 12.3.